The van der Waals surface area contributed by atoms with Crippen molar-refractivity contribution in [2.24, 2.45) is 0 Å². The van der Waals surface area contributed by atoms with Crippen molar-refractivity contribution in [2.45, 2.75) is 32.0 Å². The van der Waals surface area contributed by atoms with E-state index in [1.165, 1.54) is 4.90 Å². The van der Waals surface area contributed by atoms with Gasteiger partial charge in [-0.15, -0.1) is 0 Å². The van der Waals surface area contributed by atoms with Crippen molar-refractivity contribution in [3.63, 3.8) is 0 Å². The van der Waals surface area contributed by atoms with Crippen LogP contribution in [0, 0.1) is 0 Å². The molecule has 0 aromatic heterocycles. The highest BCUT2D eigenvalue weighted by Gasteiger charge is 2.26. The third-order valence-corrected chi connectivity index (χ3v) is 3.91. The van der Waals surface area contributed by atoms with Crippen LogP contribution >= 0.6 is 0 Å². The van der Waals surface area contributed by atoms with Gasteiger partial charge in [-0.05, 0) is 37.5 Å². The van der Waals surface area contributed by atoms with Crippen LogP contribution in [0.3, 0.4) is 0 Å². The fourth-order valence-corrected chi connectivity index (χ4v) is 2.40. The number of aliphatic hydroxyl groups excluding tert-OH is 1. The van der Waals surface area contributed by atoms with Gasteiger partial charge in [0.2, 0.25) is 0 Å². The van der Waals surface area contributed by atoms with Gasteiger partial charge in [0.25, 0.3) is 0 Å². The minimum absolute atomic E-state index is 0.0869. The first-order valence-electron chi connectivity index (χ1n) is 7.42. The molecule has 2 amide bonds. The SMILES string of the molecule is COC(C)c1cccc(NC(=O)C(=O)N2CCC(O)CC2)c1. The molecule has 2 N–H and O–H groups in total. The van der Waals surface area contributed by atoms with E-state index >= 15 is 0 Å². The van der Waals surface area contributed by atoms with Crippen molar-refractivity contribution in [3.8, 4) is 0 Å². The summed E-state index contributed by atoms with van der Waals surface area (Å²) in [4.78, 5) is 25.6. The Morgan fingerprint density at radius 2 is 2.05 bits per heavy atom. The van der Waals surface area contributed by atoms with Crippen LogP contribution in [0.4, 0.5) is 5.69 Å². The standard InChI is InChI=1S/C16H22N2O4/c1-11(22-2)12-4-3-5-13(10-12)17-15(20)16(21)18-8-6-14(19)7-9-18/h3-5,10-11,14,19H,6-9H2,1-2H3,(H,17,20). The van der Waals surface area contributed by atoms with Crippen LogP contribution in [0.1, 0.15) is 31.4 Å². The van der Waals surface area contributed by atoms with Crippen molar-refractivity contribution in [1.82, 2.24) is 4.90 Å². The molecule has 0 aliphatic carbocycles. The zero-order valence-corrected chi connectivity index (χ0v) is 12.9. The molecule has 1 aromatic carbocycles. The van der Waals surface area contributed by atoms with E-state index in [1.54, 1.807) is 19.2 Å². The van der Waals surface area contributed by atoms with E-state index in [2.05, 4.69) is 5.32 Å². The molecule has 1 atom stereocenters. The lowest BCUT2D eigenvalue weighted by atomic mass is 10.1. The monoisotopic (exact) mass is 306 g/mol. The molecule has 0 spiro atoms. The largest absolute Gasteiger partial charge is 0.393 e. The van der Waals surface area contributed by atoms with E-state index in [1.807, 2.05) is 19.1 Å². The van der Waals surface area contributed by atoms with Gasteiger partial charge in [-0.25, -0.2) is 0 Å². The smallest absolute Gasteiger partial charge is 0.313 e. The number of piperidine rings is 1. The molecule has 0 bridgehead atoms. The van der Waals surface area contributed by atoms with Gasteiger partial charge in [0.1, 0.15) is 0 Å². The average Bonchev–Trinajstić information content (AvgIpc) is 2.54. The number of amides is 2. The molecule has 1 aliphatic rings. The molecule has 0 saturated carbocycles. The van der Waals surface area contributed by atoms with E-state index < -0.39 is 11.8 Å². The normalized spacial score (nSPS) is 17.1. The maximum absolute atomic E-state index is 12.1. The molecule has 120 valence electrons. The lowest BCUT2D eigenvalue weighted by Gasteiger charge is -2.28. The van der Waals surface area contributed by atoms with Crippen LogP contribution < -0.4 is 5.32 Å². The van der Waals surface area contributed by atoms with E-state index in [-0.39, 0.29) is 12.2 Å². The van der Waals surface area contributed by atoms with E-state index in [4.69, 9.17) is 4.74 Å². The first-order chi connectivity index (χ1) is 10.5. The number of benzene rings is 1. The summed E-state index contributed by atoms with van der Waals surface area (Å²) in [6.07, 6.45) is 0.565. The predicted octanol–water partition coefficient (Wildman–Crippen LogP) is 1.32. The summed E-state index contributed by atoms with van der Waals surface area (Å²) in [5.41, 5.74) is 1.49. The summed E-state index contributed by atoms with van der Waals surface area (Å²) in [7, 11) is 1.62. The zero-order chi connectivity index (χ0) is 16.1. The Kier molecular flexibility index (Phi) is 5.51. The third kappa shape index (κ3) is 4.05. The number of hydrogen-bond donors (Lipinski definition) is 2. The predicted molar refractivity (Wildman–Crippen MR) is 82.3 cm³/mol. The van der Waals surface area contributed by atoms with Gasteiger partial charge < -0.3 is 20.1 Å². The first kappa shape index (κ1) is 16.5. The number of methoxy groups -OCH3 is 1. The van der Waals surface area contributed by atoms with Crippen LogP contribution in [-0.4, -0.2) is 48.1 Å². The highest BCUT2D eigenvalue weighted by atomic mass is 16.5. The summed E-state index contributed by atoms with van der Waals surface area (Å²) in [6, 6.07) is 7.23. The number of anilines is 1. The summed E-state index contributed by atoms with van der Waals surface area (Å²) < 4.78 is 5.24. The minimum Gasteiger partial charge on any atom is -0.393 e. The van der Waals surface area contributed by atoms with Crippen molar-refractivity contribution in [2.75, 3.05) is 25.5 Å². The quantitative estimate of drug-likeness (QED) is 0.826. The van der Waals surface area contributed by atoms with Gasteiger partial charge in [0.15, 0.2) is 0 Å². The van der Waals surface area contributed by atoms with Crippen LogP contribution in [0.5, 0.6) is 0 Å². The molecule has 1 aromatic rings. The number of nitrogens with zero attached hydrogens (tertiary/aromatic N) is 1. The number of hydrogen-bond acceptors (Lipinski definition) is 4. The number of rotatable bonds is 3. The second kappa shape index (κ2) is 7.38. The second-order valence-electron chi connectivity index (χ2n) is 5.48. The Morgan fingerprint density at radius 1 is 1.36 bits per heavy atom. The minimum atomic E-state index is -0.654. The molecule has 6 heteroatoms. The molecular formula is C16H22N2O4. The lowest BCUT2D eigenvalue weighted by molar-refractivity contribution is -0.144. The maximum Gasteiger partial charge on any atom is 0.313 e. The molecule has 6 nitrogen and oxygen atoms in total. The van der Waals surface area contributed by atoms with Gasteiger partial charge in [-0.2, -0.15) is 0 Å². The number of carbonyl (C=O) groups excluding carboxylic acids is 2. The van der Waals surface area contributed by atoms with Gasteiger partial charge in [0.05, 0.1) is 12.2 Å². The molecule has 1 fully saturated rings. The molecule has 1 aliphatic heterocycles. The van der Waals surface area contributed by atoms with Crippen LogP contribution in [-0.2, 0) is 14.3 Å². The van der Waals surface area contributed by atoms with E-state index in [0.717, 1.165) is 5.56 Å². The topological polar surface area (TPSA) is 78.9 Å². The summed E-state index contributed by atoms with van der Waals surface area (Å²) in [5, 5.41) is 12.1. The van der Waals surface area contributed by atoms with Crippen LogP contribution in [0.15, 0.2) is 24.3 Å². The molecule has 1 saturated heterocycles. The maximum atomic E-state index is 12.1. The van der Waals surface area contributed by atoms with Gasteiger partial charge in [-0.1, -0.05) is 12.1 Å². The van der Waals surface area contributed by atoms with Crippen molar-refractivity contribution in [3.05, 3.63) is 29.8 Å². The third-order valence-electron chi connectivity index (χ3n) is 3.91. The fraction of sp³-hybridized carbons (Fsp3) is 0.500. The van der Waals surface area contributed by atoms with E-state index in [0.29, 0.717) is 31.6 Å². The fourth-order valence-electron chi connectivity index (χ4n) is 2.40. The Labute approximate surface area is 130 Å². The average molecular weight is 306 g/mol. The number of carbonyl (C=O) groups is 2. The van der Waals surface area contributed by atoms with Crippen molar-refractivity contribution >= 4 is 17.5 Å². The number of nitrogens with one attached hydrogen (secondary N) is 1. The van der Waals surface area contributed by atoms with E-state index in [9.17, 15) is 14.7 Å². The van der Waals surface area contributed by atoms with Crippen LogP contribution in [0.25, 0.3) is 0 Å². The molecular weight excluding hydrogens is 284 g/mol. The Balaban J connectivity index is 1.98. The first-order valence-corrected chi connectivity index (χ1v) is 7.42. The van der Waals surface area contributed by atoms with Gasteiger partial charge in [-0.3, -0.25) is 9.59 Å². The number of likely N-dealkylation sites (tertiary alicyclic amines) is 1. The van der Waals surface area contributed by atoms with Crippen molar-refractivity contribution in [1.29, 1.82) is 0 Å². The lowest BCUT2D eigenvalue weighted by Crippen LogP contribution is -2.45. The highest BCUT2D eigenvalue weighted by molar-refractivity contribution is 6.39. The van der Waals surface area contributed by atoms with Gasteiger partial charge >= 0.3 is 11.8 Å². The highest BCUT2D eigenvalue weighted by Crippen LogP contribution is 2.19. The number of aliphatic hydroxyl groups is 1. The second-order valence-corrected chi connectivity index (χ2v) is 5.48. The molecule has 0 radical (unpaired) electrons. The summed E-state index contributed by atoms with van der Waals surface area (Å²) in [5.74, 6) is -1.21. The van der Waals surface area contributed by atoms with Gasteiger partial charge in [0, 0.05) is 25.9 Å². The molecule has 22 heavy (non-hydrogen) atoms. The Bertz CT molecular complexity index is 539. The Hall–Kier alpha value is -1.92. The summed E-state index contributed by atoms with van der Waals surface area (Å²) >= 11 is 0. The number of ether oxygens (including phenoxy) is 1. The van der Waals surface area contributed by atoms with Crippen LogP contribution in [0.2, 0.25) is 0 Å². The van der Waals surface area contributed by atoms with Crippen molar-refractivity contribution < 1.29 is 19.4 Å². The Morgan fingerprint density at radius 3 is 2.68 bits per heavy atom. The molecule has 2 rings (SSSR count). The molecule has 1 unspecified atom stereocenters. The zero-order valence-electron chi connectivity index (χ0n) is 12.9. The molecule has 1 heterocycles. The summed E-state index contributed by atoms with van der Waals surface area (Å²) in [6.45, 7) is 2.73.